The average Bonchev–Trinajstić information content (AvgIpc) is 1.40. The average molecular weight is 1380 g/mol. The molecule has 0 aliphatic carbocycles. The highest BCUT2D eigenvalue weighted by Crippen LogP contribution is 2.45. The van der Waals surface area contributed by atoms with Gasteiger partial charge in [-0.3, -0.25) is 37.3 Å². The van der Waals surface area contributed by atoms with E-state index >= 15 is 0 Å². The summed E-state index contributed by atoms with van der Waals surface area (Å²) < 4.78 is 68.5. The molecule has 19 heteroatoms. The Balaban J connectivity index is 5.27. The Bertz CT molecular complexity index is 1840. The second-order valence-corrected chi connectivity index (χ2v) is 31.1. The predicted octanol–water partition coefficient (Wildman–Crippen LogP) is 21.8. The van der Waals surface area contributed by atoms with Gasteiger partial charge in [0.2, 0.25) is 0 Å². The molecule has 94 heavy (non-hydrogen) atoms. The molecule has 0 aliphatic heterocycles. The van der Waals surface area contributed by atoms with E-state index in [1.165, 1.54) is 193 Å². The summed E-state index contributed by atoms with van der Waals surface area (Å²) in [6, 6.07) is 0. The molecule has 0 radical (unpaired) electrons. The molecular weight excluding hydrogens is 1230 g/mol. The lowest BCUT2D eigenvalue weighted by molar-refractivity contribution is -0.161. The normalized spacial score (nSPS) is 14.4. The number of hydrogen-bond acceptors (Lipinski definition) is 15. The standard InChI is InChI=1S/C75H146O17P2/c1-8-10-11-12-13-14-15-19-28-35-42-49-56-72(77)85-62-71(92-75(80)59-52-45-38-31-23-21-26-33-40-47-54-67(5)6)65-90-94(83,84)88-61-69(76)60-87-93(81,82)89-64-70(63-86-73(78)57-50-43-36-29-24-22-27-34-41-48-55-68(7)9-2)91-74(79)58-51-44-37-30-20-17-16-18-25-32-39-46-53-66(3)4/h66-71,76H,8-65H2,1-7H3,(H,81,82)(H,83,84)/t68?,69-,70-,71-/m1/s1. The monoisotopic (exact) mass is 1380 g/mol. The minimum absolute atomic E-state index is 0.106. The van der Waals surface area contributed by atoms with Gasteiger partial charge in [-0.25, -0.2) is 9.13 Å². The SMILES string of the molecule is CCCCCCCCCCCCCCC(=O)OC[C@H](COP(=O)(O)OC[C@H](O)COP(=O)(O)OC[C@@H](COC(=O)CCCCCCCCCCCCC(C)CC)OC(=O)CCCCCCCCCCCCCCC(C)C)OC(=O)CCCCCCCCCCCCC(C)C. The second-order valence-electron chi connectivity index (χ2n) is 28.2. The number of esters is 4. The third-order valence-corrected chi connectivity index (χ3v) is 19.6. The Morgan fingerprint density at radius 3 is 0.809 bits per heavy atom. The molecule has 0 heterocycles. The van der Waals surface area contributed by atoms with Gasteiger partial charge in [0.25, 0.3) is 0 Å². The highest BCUT2D eigenvalue weighted by Gasteiger charge is 2.30. The van der Waals surface area contributed by atoms with E-state index in [2.05, 4.69) is 48.5 Å². The van der Waals surface area contributed by atoms with E-state index in [-0.39, 0.29) is 25.7 Å². The Morgan fingerprint density at radius 1 is 0.309 bits per heavy atom. The lowest BCUT2D eigenvalue weighted by Gasteiger charge is -2.21. The molecule has 0 spiro atoms. The number of rotatable bonds is 73. The van der Waals surface area contributed by atoms with Crippen molar-refractivity contribution >= 4 is 39.5 Å². The minimum atomic E-state index is -4.96. The Labute approximate surface area is 575 Å². The van der Waals surface area contributed by atoms with Crippen molar-refractivity contribution in [3.8, 4) is 0 Å². The van der Waals surface area contributed by atoms with Crippen LogP contribution in [0.2, 0.25) is 0 Å². The van der Waals surface area contributed by atoms with Gasteiger partial charge in [-0.2, -0.15) is 0 Å². The van der Waals surface area contributed by atoms with Crippen molar-refractivity contribution in [1.82, 2.24) is 0 Å². The van der Waals surface area contributed by atoms with Crippen molar-refractivity contribution < 1.29 is 80.2 Å². The smallest absolute Gasteiger partial charge is 0.462 e. The second kappa shape index (κ2) is 65.7. The predicted molar refractivity (Wildman–Crippen MR) is 381 cm³/mol. The fourth-order valence-corrected chi connectivity index (χ4v) is 13.0. The fourth-order valence-electron chi connectivity index (χ4n) is 11.4. The molecule has 0 amide bonds. The van der Waals surface area contributed by atoms with Crippen molar-refractivity contribution in [3.63, 3.8) is 0 Å². The van der Waals surface area contributed by atoms with E-state index in [0.717, 1.165) is 108 Å². The molecule has 0 fully saturated rings. The van der Waals surface area contributed by atoms with Crippen LogP contribution in [0.15, 0.2) is 0 Å². The molecule has 558 valence electrons. The summed E-state index contributed by atoms with van der Waals surface area (Å²) in [4.78, 5) is 72.8. The maximum absolute atomic E-state index is 13.1. The lowest BCUT2D eigenvalue weighted by Crippen LogP contribution is -2.30. The zero-order chi connectivity index (χ0) is 69.4. The van der Waals surface area contributed by atoms with Crippen LogP contribution in [0.5, 0.6) is 0 Å². The Kier molecular flexibility index (Phi) is 64.3. The van der Waals surface area contributed by atoms with E-state index in [1.807, 2.05) is 0 Å². The van der Waals surface area contributed by atoms with Crippen LogP contribution in [-0.4, -0.2) is 96.7 Å². The third kappa shape index (κ3) is 67.3. The van der Waals surface area contributed by atoms with Crippen LogP contribution in [-0.2, 0) is 65.4 Å². The van der Waals surface area contributed by atoms with E-state index in [9.17, 15) is 43.2 Å². The van der Waals surface area contributed by atoms with Crippen molar-refractivity contribution in [1.29, 1.82) is 0 Å². The molecule has 17 nitrogen and oxygen atoms in total. The summed E-state index contributed by atoms with van der Waals surface area (Å²) in [5, 5.41) is 10.6. The number of phosphoric ester groups is 2. The Hall–Kier alpha value is -1.94. The highest BCUT2D eigenvalue weighted by molar-refractivity contribution is 7.47. The van der Waals surface area contributed by atoms with E-state index in [1.54, 1.807) is 0 Å². The van der Waals surface area contributed by atoms with E-state index in [4.69, 9.17) is 37.0 Å². The highest BCUT2D eigenvalue weighted by atomic mass is 31.2. The van der Waals surface area contributed by atoms with Crippen molar-refractivity contribution in [2.75, 3.05) is 39.6 Å². The van der Waals surface area contributed by atoms with Crippen molar-refractivity contribution in [2.45, 2.75) is 401 Å². The van der Waals surface area contributed by atoms with Gasteiger partial charge < -0.3 is 33.8 Å². The van der Waals surface area contributed by atoms with Gasteiger partial charge >= 0.3 is 39.5 Å². The number of aliphatic hydroxyl groups excluding tert-OH is 1. The first kappa shape index (κ1) is 92.1. The molecule has 0 aromatic carbocycles. The number of aliphatic hydroxyl groups is 1. The van der Waals surface area contributed by atoms with Crippen LogP contribution >= 0.6 is 15.6 Å². The van der Waals surface area contributed by atoms with Crippen LogP contribution in [0.3, 0.4) is 0 Å². The summed E-state index contributed by atoms with van der Waals surface area (Å²) in [6.07, 6.45) is 51.1. The first-order valence-corrected chi connectivity index (χ1v) is 41.9. The fraction of sp³-hybridized carbons (Fsp3) is 0.947. The molecule has 0 aliphatic rings. The molecule has 0 aromatic heterocycles. The van der Waals surface area contributed by atoms with Gasteiger partial charge in [0, 0.05) is 25.7 Å². The molecule has 3 unspecified atom stereocenters. The molecule has 6 atom stereocenters. The number of unbranched alkanes of at least 4 members (excludes halogenated alkanes) is 40. The van der Waals surface area contributed by atoms with Crippen LogP contribution in [0.4, 0.5) is 0 Å². The molecule has 0 saturated heterocycles. The van der Waals surface area contributed by atoms with Gasteiger partial charge in [-0.1, -0.05) is 331 Å². The molecule has 0 bridgehead atoms. The van der Waals surface area contributed by atoms with Crippen molar-refractivity contribution in [3.05, 3.63) is 0 Å². The third-order valence-electron chi connectivity index (χ3n) is 17.7. The molecule has 3 N–H and O–H groups in total. The number of carbonyl (C=O) groups excluding carboxylic acids is 4. The minimum Gasteiger partial charge on any atom is -0.462 e. The van der Waals surface area contributed by atoms with Gasteiger partial charge in [0.1, 0.15) is 19.3 Å². The lowest BCUT2D eigenvalue weighted by atomic mass is 9.99. The largest absolute Gasteiger partial charge is 0.472 e. The van der Waals surface area contributed by atoms with Gasteiger partial charge in [-0.15, -0.1) is 0 Å². The molecule has 0 rings (SSSR count). The summed E-state index contributed by atoms with van der Waals surface area (Å²) in [5.74, 6) is 0.221. The summed E-state index contributed by atoms with van der Waals surface area (Å²) >= 11 is 0. The Morgan fingerprint density at radius 2 is 0.543 bits per heavy atom. The van der Waals surface area contributed by atoms with Gasteiger partial charge in [-0.05, 0) is 43.4 Å². The number of hydrogen-bond donors (Lipinski definition) is 3. The number of ether oxygens (including phenoxy) is 4. The molecular formula is C75H146O17P2. The van der Waals surface area contributed by atoms with Gasteiger partial charge in [0.05, 0.1) is 26.4 Å². The zero-order valence-corrected chi connectivity index (χ0v) is 63.2. The van der Waals surface area contributed by atoms with Crippen LogP contribution in [0.1, 0.15) is 382 Å². The maximum atomic E-state index is 13.1. The quantitative estimate of drug-likeness (QED) is 0.0222. The van der Waals surface area contributed by atoms with Crippen LogP contribution < -0.4 is 0 Å². The van der Waals surface area contributed by atoms with E-state index < -0.39 is 97.5 Å². The van der Waals surface area contributed by atoms with Crippen molar-refractivity contribution in [2.24, 2.45) is 17.8 Å². The summed E-state index contributed by atoms with van der Waals surface area (Å²) in [6.45, 7) is 11.9. The zero-order valence-electron chi connectivity index (χ0n) is 61.4. The van der Waals surface area contributed by atoms with Gasteiger partial charge in [0.15, 0.2) is 12.2 Å². The molecule has 0 aromatic rings. The molecule has 0 saturated carbocycles. The number of phosphoric acid groups is 2. The topological polar surface area (TPSA) is 237 Å². The first-order chi connectivity index (χ1) is 45.3. The number of carbonyl (C=O) groups is 4. The summed E-state index contributed by atoms with van der Waals surface area (Å²) in [7, 11) is -9.91. The first-order valence-electron chi connectivity index (χ1n) is 38.9. The summed E-state index contributed by atoms with van der Waals surface area (Å²) in [5.41, 5.74) is 0. The maximum Gasteiger partial charge on any atom is 0.472 e. The van der Waals surface area contributed by atoms with E-state index in [0.29, 0.717) is 25.7 Å². The van der Waals surface area contributed by atoms with Crippen LogP contribution in [0.25, 0.3) is 0 Å². The van der Waals surface area contributed by atoms with Crippen LogP contribution in [0, 0.1) is 17.8 Å².